The Labute approximate surface area is 75.2 Å². The highest BCUT2D eigenvalue weighted by molar-refractivity contribution is 4.82. The Balaban J connectivity index is 2.52. The Kier molecular flexibility index (Phi) is 4.02. The molecule has 72 valence electrons. The van der Waals surface area contributed by atoms with E-state index >= 15 is 0 Å². The molecular weight excluding hydrogens is 152 g/mol. The Hall–Kier alpha value is -0.0800. The second-order valence-corrected chi connectivity index (χ2v) is 3.57. The number of hydrogen-bond acceptors (Lipinski definition) is 2. The van der Waals surface area contributed by atoms with Crippen LogP contribution in [0.2, 0.25) is 0 Å². The molecule has 0 bridgehead atoms. The van der Waals surface area contributed by atoms with Crippen LogP contribution < -0.4 is 0 Å². The molecule has 1 rings (SSSR count). The van der Waals surface area contributed by atoms with Gasteiger partial charge >= 0.3 is 0 Å². The molecule has 0 radical (unpaired) electrons. The summed E-state index contributed by atoms with van der Waals surface area (Å²) in [5.74, 6) is 0.702. The van der Waals surface area contributed by atoms with Gasteiger partial charge in [0.05, 0.1) is 12.2 Å². The molecule has 3 atom stereocenters. The van der Waals surface area contributed by atoms with Gasteiger partial charge in [-0.25, -0.2) is 0 Å². The van der Waals surface area contributed by atoms with Gasteiger partial charge < -0.3 is 9.47 Å². The smallest absolute Gasteiger partial charge is 0.0860 e. The quantitative estimate of drug-likeness (QED) is 0.650. The van der Waals surface area contributed by atoms with E-state index in [2.05, 4.69) is 6.92 Å². The van der Waals surface area contributed by atoms with Crippen LogP contribution in [-0.2, 0) is 9.47 Å². The zero-order valence-corrected chi connectivity index (χ0v) is 8.38. The predicted octanol–water partition coefficient (Wildman–Crippen LogP) is 2.23. The summed E-state index contributed by atoms with van der Waals surface area (Å²) in [4.78, 5) is 0. The van der Waals surface area contributed by atoms with E-state index in [-0.39, 0.29) is 0 Å². The summed E-state index contributed by atoms with van der Waals surface area (Å²) < 4.78 is 10.9. The summed E-state index contributed by atoms with van der Waals surface area (Å²) in [7, 11) is 3.58. The fourth-order valence-corrected chi connectivity index (χ4v) is 2.25. The second-order valence-electron chi connectivity index (χ2n) is 3.57. The van der Waals surface area contributed by atoms with Crippen molar-refractivity contribution in [3.63, 3.8) is 0 Å². The number of methoxy groups -OCH3 is 2. The van der Waals surface area contributed by atoms with E-state index in [1.54, 1.807) is 14.2 Å². The van der Waals surface area contributed by atoms with Gasteiger partial charge in [0.25, 0.3) is 0 Å². The third-order valence-electron chi connectivity index (χ3n) is 2.99. The molecule has 0 spiro atoms. The number of rotatable bonds is 3. The first kappa shape index (κ1) is 10.0. The highest BCUT2D eigenvalue weighted by atomic mass is 16.5. The maximum absolute atomic E-state index is 5.47. The SMILES string of the molecule is CCC1CCCC(OC)C1OC. The minimum Gasteiger partial charge on any atom is -0.379 e. The van der Waals surface area contributed by atoms with E-state index in [4.69, 9.17) is 9.47 Å². The molecule has 0 amide bonds. The predicted molar refractivity (Wildman–Crippen MR) is 49.2 cm³/mol. The first-order chi connectivity index (χ1) is 5.83. The van der Waals surface area contributed by atoms with E-state index in [0.717, 1.165) is 6.42 Å². The summed E-state index contributed by atoms with van der Waals surface area (Å²) in [6.45, 7) is 2.23. The molecule has 0 aromatic rings. The fraction of sp³-hybridized carbons (Fsp3) is 1.00. The van der Waals surface area contributed by atoms with E-state index < -0.39 is 0 Å². The van der Waals surface area contributed by atoms with Crippen LogP contribution in [-0.4, -0.2) is 26.4 Å². The fourth-order valence-electron chi connectivity index (χ4n) is 2.25. The van der Waals surface area contributed by atoms with Crippen LogP contribution in [0.5, 0.6) is 0 Å². The van der Waals surface area contributed by atoms with Gasteiger partial charge in [-0.1, -0.05) is 19.8 Å². The zero-order chi connectivity index (χ0) is 8.97. The third kappa shape index (κ3) is 1.99. The summed E-state index contributed by atoms with van der Waals surface area (Å²) in [5, 5.41) is 0. The van der Waals surface area contributed by atoms with Gasteiger partial charge in [-0.05, 0) is 18.8 Å². The molecule has 0 heterocycles. The molecule has 3 unspecified atom stereocenters. The van der Waals surface area contributed by atoms with Crippen LogP contribution in [0.15, 0.2) is 0 Å². The third-order valence-corrected chi connectivity index (χ3v) is 2.99. The second kappa shape index (κ2) is 4.83. The molecule has 0 aromatic heterocycles. The highest BCUT2D eigenvalue weighted by Gasteiger charge is 2.32. The lowest BCUT2D eigenvalue weighted by molar-refractivity contribution is -0.0875. The average molecular weight is 172 g/mol. The molecule has 1 saturated carbocycles. The summed E-state index contributed by atoms with van der Waals surface area (Å²) in [6.07, 6.45) is 5.61. The van der Waals surface area contributed by atoms with Crippen molar-refractivity contribution in [2.24, 2.45) is 5.92 Å². The minimum absolute atomic E-state index is 0.327. The van der Waals surface area contributed by atoms with Crippen molar-refractivity contribution >= 4 is 0 Å². The molecule has 12 heavy (non-hydrogen) atoms. The van der Waals surface area contributed by atoms with Gasteiger partial charge in [-0.2, -0.15) is 0 Å². The first-order valence-electron chi connectivity index (χ1n) is 4.89. The average Bonchev–Trinajstić information content (AvgIpc) is 2.16. The van der Waals surface area contributed by atoms with Crippen molar-refractivity contribution in [2.45, 2.75) is 44.8 Å². The molecule has 2 nitrogen and oxygen atoms in total. The maximum atomic E-state index is 5.47. The monoisotopic (exact) mass is 172 g/mol. The topological polar surface area (TPSA) is 18.5 Å². The summed E-state index contributed by atoms with van der Waals surface area (Å²) in [5.41, 5.74) is 0. The largest absolute Gasteiger partial charge is 0.379 e. The lowest BCUT2D eigenvalue weighted by Gasteiger charge is -2.35. The van der Waals surface area contributed by atoms with E-state index in [9.17, 15) is 0 Å². The molecule has 0 N–H and O–H groups in total. The molecule has 0 saturated heterocycles. The van der Waals surface area contributed by atoms with Gasteiger partial charge in [-0.3, -0.25) is 0 Å². The first-order valence-corrected chi connectivity index (χ1v) is 4.89. The molecule has 1 fully saturated rings. The van der Waals surface area contributed by atoms with E-state index in [1.165, 1.54) is 19.3 Å². The van der Waals surface area contributed by atoms with Crippen molar-refractivity contribution < 1.29 is 9.47 Å². The molecule has 1 aliphatic rings. The van der Waals surface area contributed by atoms with Gasteiger partial charge in [0.2, 0.25) is 0 Å². The molecule has 0 aromatic carbocycles. The van der Waals surface area contributed by atoms with Crippen molar-refractivity contribution in [1.82, 2.24) is 0 Å². The molecule has 0 aliphatic heterocycles. The van der Waals surface area contributed by atoms with Gasteiger partial charge in [0, 0.05) is 14.2 Å². The number of ether oxygens (including phenoxy) is 2. The van der Waals surface area contributed by atoms with E-state index in [1.807, 2.05) is 0 Å². The zero-order valence-electron chi connectivity index (χ0n) is 8.38. The van der Waals surface area contributed by atoms with Crippen LogP contribution in [0.4, 0.5) is 0 Å². The Bertz CT molecular complexity index is 113. The van der Waals surface area contributed by atoms with Crippen LogP contribution in [0.3, 0.4) is 0 Å². The lowest BCUT2D eigenvalue weighted by Crippen LogP contribution is -2.39. The standard InChI is InChI=1S/C10H20O2/c1-4-8-6-5-7-9(11-2)10(8)12-3/h8-10H,4-7H2,1-3H3. The Morgan fingerprint density at radius 1 is 1.17 bits per heavy atom. The van der Waals surface area contributed by atoms with Crippen LogP contribution >= 0.6 is 0 Å². The van der Waals surface area contributed by atoms with Crippen LogP contribution in [0.25, 0.3) is 0 Å². The van der Waals surface area contributed by atoms with E-state index in [0.29, 0.717) is 18.1 Å². The maximum Gasteiger partial charge on any atom is 0.0860 e. The Morgan fingerprint density at radius 2 is 1.92 bits per heavy atom. The van der Waals surface area contributed by atoms with Gasteiger partial charge in [0.15, 0.2) is 0 Å². The molecule has 1 aliphatic carbocycles. The van der Waals surface area contributed by atoms with Crippen molar-refractivity contribution in [3.8, 4) is 0 Å². The molecular formula is C10H20O2. The Morgan fingerprint density at radius 3 is 2.42 bits per heavy atom. The molecule has 2 heteroatoms. The normalized spacial score (nSPS) is 36.8. The minimum atomic E-state index is 0.327. The lowest BCUT2D eigenvalue weighted by atomic mass is 9.83. The summed E-state index contributed by atoms with van der Waals surface area (Å²) in [6, 6.07) is 0. The van der Waals surface area contributed by atoms with Gasteiger partial charge in [-0.15, -0.1) is 0 Å². The van der Waals surface area contributed by atoms with Crippen molar-refractivity contribution in [3.05, 3.63) is 0 Å². The van der Waals surface area contributed by atoms with Crippen molar-refractivity contribution in [1.29, 1.82) is 0 Å². The van der Waals surface area contributed by atoms with Crippen LogP contribution in [0.1, 0.15) is 32.6 Å². The van der Waals surface area contributed by atoms with Crippen molar-refractivity contribution in [2.75, 3.05) is 14.2 Å². The highest BCUT2D eigenvalue weighted by Crippen LogP contribution is 2.30. The number of hydrogen-bond donors (Lipinski definition) is 0. The summed E-state index contributed by atoms with van der Waals surface area (Å²) >= 11 is 0. The van der Waals surface area contributed by atoms with Crippen LogP contribution in [0, 0.1) is 5.92 Å². The van der Waals surface area contributed by atoms with Gasteiger partial charge in [0.1, 0.15) is 0 Å².